The SMILES string of the molecule is Cc1cc(C(N)CC2CCCCO2)ccc1F. The molecule has 1 aromatic rings. The van der Waals surface area contributed by atoms with Gasteiger partial charge in [0.1, 0.15) is 5.82 Å². The minimum Gasteiger partial charge on any atom is -0.378 e. The van der Waals surface area contributed by atoms with Gasteiger partial charge in [-0.05, 0) is 49.8 Å². The van der Waals surface area contributed by atoms with E-state index in [4.69, 9.17) is 10.5 Å². The molecule has 17 heavy (non-hydrogen) atoms. The van der Waals surface area contributed by atoms with Crippen molar-refractivity contribution < 1.29 is 9.13 Å². The first kappa shape index (κ1) is 12.5. The second-order valence-electron chi connectivity index (χ2n) is 4.84. The van der Waals surface area contributed by atoms with Crippen molar-refractivity contribution in [2.75, 3.05) is 6.61 Å². The molecule has 0 aliphatic carbocycles. The summed E-state index contributed by atoms with van der Waals surface area (Å²) < 4.78 is 18.8. The van der Waals surface area contributed by atoms with Gasteiger partial charge in [-0.1, -0.05) is 12.1 Å². The van der Waals surface area contributed by atoms with E-state index in [2.05, 4.69) is 0 Å². The van der Waals surface area contributed by atoms with Crippen molar-refractivity contribution in [1.29, 1.82) is 0 Å². The topological polar surface area (TPSA) is 35.2 Å². The fourth-order valence-electron chi connectivity index (χ4n) is 2.31. The Hall–Kier alpha value is -0.930. The number of hydrogen-bond acceptors (Lipinski definition) is 2. The lowest BCUT2D eigenvalue weighted by atomic mass is 9.96. The number of hydrogen-bond donors (Lipinski definition) is 1. The van der Waals surface area contributed by atoms with Crippen LogP contribution in [-0.2, 0) is 4.74 Å². The fraction of sp³-hybridized carbons (Fsp3) is 0.571. The van der Waals surface area contributed by atoms with Gasteiger partial charge in [-0.2, -0.15) is 0 Å². The molecular formula is C14H20FNO. The van der Waals surface area contributed by atoms with E-state index in [1.54, 1.807) is 13.0 Å². The Balaban J connectivity index is 1.98. The maximum Gasteiger partial charge on any atom is 0.126 e. The van der Waals surface area contributed by atoms with Gasteiger partial charge in [-0.25, -0.2) is 4.39 Å². The van der Waals surface area contributed by atoms with E-state index in [9.17, 15) is 4.39 Å². The number of aryl methyl sites for hydroxylation is 1. The van der Waals surface area contributed by atoms with Gasteiger partial charge in [0.25, 0.3) is 0 Å². The Labute approximate surface area is 102 Å². The number of nitrogens with two attached hydrogens (primary N) is 1. The van der Waals surface area contributed by atoms with Crippen molar-refractivity contribution in [3.8, 4) is 0 Å². The Morgan fingerprint density at radius 2 is 2.29 bits per heavy atom. The molecule has 1 aliphatic heterocycles. The van der Waals surface area contributed by atoms with E-state index < -0.39 is 0 Å². The molecule has 94 valence electrons. The van der Waals surface area contributed by atoms with Crippen LogP contribution in [0.2, 0.25) is 0 Å². The highest BCUT2D eigenvalue weighted by Gasteiger charge is 2.18. The van der Waals surface area contributed by atoms with Gasteiger partial charge in [-0.15, -0.1) is 0 Å². The Bertz CT molecular complexity index is 374. The summed E-state index contributed by atoms with van der Waals surface area (Å²) >= 11 is 0. The van der Waals surface area contributed by atoms with Crippen LogP contribution in [0.15, 0.2) is 18.2 Å². The number of benzene rings is 1. The maximum absolute atomic E-state index is 13.2. The summed E-state index contributed by atoms with van der Waals surface area (Å²) in [5, 5.41) is 0. The monoisotopic (exact) mass is 237 g/mol. The molecule has 1 saturated heterocycles. The number of ether oxygens (including phenoxy) is 1. The molecule has 2 unspecified atom stereocenters. The van der Waals surface area contributed by atoms with Crippen LogP contribution >= 0.6 is 0 Å². The van der Waals surface area contributed by atoms with E-state index in [0.717, 1.165) is 31.4 Å². The lowest BCUT2D eigenvalue weighted by Crippen LogP contribution is -2.25. The fourth-order valence-corrected chi connectivity index (χ4v) is 2.31. The quantitative estimate of drug-likeness (QED) is 0.876. The van der Waals surface area contributed by atoms with E-state index in [1.165, 1.54) is 12.5 Å². The first-order valence-corrected chi connectivity index (χ1v) is 6.30. The Morgan fingerprint density at radius 3 is 2.94 bits per heavy atom. The molecule has 1 aromatic carbocycles. The van der Waals surface area contributed by atoms with Crippen molar-refractivity contribution in [1.82, 2.24) is 0 Å². The van der Waals surface area contributed by atoms with Crippen LogP contribution in [-0.4, -0.2) is 12.7 Å². The summed E-state index contributed by atoms with van der Waals surface area (Å²) in [6.45, 7) is 2.61. The zero-order valence-electron chi connectivity index (χ0n) is 10.3. The van der Waals surface area contributed by atoms with Crippen LogP contribution in [0.25, 0.3) is 0 Å². The molecule has 1 aliphatic rings. The van der Waals surface area contributed by atoms with Gasteiger partial charge < -0.3 is 10.5 Å². The molecule has 2 N–H and O–H groups in total. The predicted octanol–water partition coefficient (Wildman–Crippen LogP) is 3.09. The molecule has 0 spiro atoms. The number of halogens is 1. The van der Waals surface area contributed by atoms with Crippen LogP contribution in [0.1, 0.15) is 42.9 Å². The Morgan fingerprint density at radius 1 is 1.47 bits per heavy atom. The average Bonchev–Trinajstić information content (AvgIpc) is 2.34. The predicted molar refractivity (Wildman–Crippen MR) is 66.3 cm³/mol. The summed E-state index contributed by atoms with van der Waals surface area (Å²) in [5.41, 5.74) is 7.80. The van der Waals surface area contributed by atoms with E-state index >= 15 is 0 Å². The highest BCUT2D eigenvalue weighted by atomic mass is 19.1. The van der Waals surface area contributed by atoms with Gasteiger partial charge in [0.15, 0.2) is 0 Å². The van der Waals surface area contributed by atoms with Crippen molar-refractivity contribution in [3.63, 3.8) is 0 Å². The largest absolute Gasteiger partial charge is 0.378 e. The maximum atomic E-state index is 13.2. The summed E-state index contributed by atoms with van der Waals surface area (Å²) in [7, 11) is 0. The minimum absolute atomic E-state index is 0.0580. The molecule has 2 nitrogen and oxygen atoms in total. The lowest BCUT2D eigenvalue weighted by Gasteiger charge is -2.25. The first-order chi connectivity index (χ1) is 8.16. The third-order valence-corrected chi connectivity index (χ3v) is 3.40. The van der Waals surface area contributed by atoms with Crippen LogP contribution in [0.5, 0.6) is 0 Å². The van der Waals surface area contributed by atoms with Crippen molar-refractivity contribution in [2.45, 2.75) is 44.8 Å². The molecule has 1 fully saturated rings. The highest BCUT2D eigenvalue weighted by molar-refractivity contribution is 5.26. The molecule has 1 heterocycles. The summed E-state index contributed by atoms with van der Waals surface area (Å²) in [5.74, 6) is -0.171. The highest BCUT2D eigenvalue weighted by Crippen LogP contribution is 2.24. The zero-order chi connectivity index (χ0) is 12.3. The number of rotatable bonds is 3. The normalized spacial score (nSPS) is 22.4. The molecule has 0 saturated carbocycles. The van der Waals surface area contributed by atoms with Crippen LogP contribution < -0.4 is 5.73 Å². The van der Waals surface area contributed by atoms with E-state index in [1.807, 2.05) is 6.07 Å². The summed E-state index contributed by atoms with van der Waals surface area (Å²) in [4.78, 5) is 0. The molecule has 0 radical (unpaired) electrons. The van der Waals surface area contributed by atoms with Crippen molar-refractivity contribution in [3.05, 3.63) is 35.1 Å². The van der Waals surface area contributed by atoms with E-state index in [-0.39, 0.29) is 18.0 Å². The second kappa shape index (κ2) is 5.61. The van der Waals surface area contributed by atoms with Crippen molar-refractivity contribution in [2.24, 2.45) is 5.73 Å². The van der Waals surface area contributed by atoms with Gasteiger partial charge >= 0.3 is 0 Å². The first-order valence-electron chi connectivity index (χ1n) is 6.30. The standard InChI is InChI=1S/C14H20FNO/c1-10-8-11(5-6-13(10)15)14(16)9-12-4-2-3-7-17-12/h5-6,8,12,14H,2-4,7,9,16H2,1H3. The summed E-state index contributed by atoms with van der Waals surface area (Å²) in [6, 6.07) is 5.04. The zero-order valence-corrected chi connectivity index (χ0v) is 10.3. The molecule has 3 heteroatoms. The molecule has 2 rings (SSSR count). The molecule has 2 atom stereocenters. The summed E-state index contributed by atoms with van der Waals surface area (Å²) in [6.07, 6.45) is 4.56. The Kier molecular flexibility index (Phi) is 4.13. The smallest absolute Gasteiger partial charge is 0.126 e. The van der Waals surface area contributed by atoms with Crippen LogP contribution in [0.3, 0.4) is 0 Å². The lowest BCUT2D eigenvalue weighted by molar-refractivity contribution is 0.00729. The van der Waals surface area contributed by atoms with Crippen LogP contribution in [0.4, 0.5) is 4.39 Å². The average molecular weight is 237 g/mol. The minimum atomic E-state index is -0.171. The van der Waals surface area contributed by atoms with E-state index in [0.29, 0.717) is 5.56 Å². The third kappa shape index (κ3) is 3.27. The van der Waals surface area contributed by atoms with Gasteiger partial charge in [-0.3, -0.25) is 0 Å². The molecular weight excluding hydrogens is 217 g/mol. The van der Waals surface area contributed by atoms with Gasteiger partial charge in [0.2, 0.25) is 0 Å². The van der Waals surface area contributed by atoms with Gasteiger partial charge in [0, 0.05) is 12.6 Å². The van der Waals surface area contributed by atoms with Crippen molar-refractivity contribution >= 4 is 0 Å². The molecule has 0 aromatic heterocycles. The van der Waals surface area contributed by atoms with Crippen LogP contribution in [0, 0.1) is 12.7 Å². The van der Waals surface area contributed by atoms with Gasteiger partial charge in [0.05, 0.1) is 6.10 Å². The third-order valence-electron chi connectivity index (χ3n) is 3.40. The molecule has 0 amide bonds. The molecule has 0 bridgehead atoms. The second-order valence-corrected chi connectivity index (χ2v) is 4.84.